The number of aromatic nitrogens is 4. The molecule has 2 aliphatic rings. The molecule has 0 unspecified atom stereocenters. The fourth-order valence-corrected chi connectivity index (χ4v) is 4.37. The van der Waals surface area contributed by atoms with E-state index in [1.54, 1.807) is 4.80 Å². The van der Waals surface area contributed by atoms with Crippen LogP contribution in [0.25, 0.3) is 11.4 Å². The van der Waals surface area contributed by atoms with Crippen molar-refractivity contribution in [3.8, 4) is 11.4 Å². The molecule has 1 saturated carbocycles. The van der Waals surface area contributed by atoms with E-state index < -0.39 is 0 Å². The third-order valence-electron chi connectivity index (χ3n) is 6.16. The van der Waals surface area contributed by atoms with Gasteiger partial charge in [-0.3, -0.25) is 9.59 Å². The van der Waals surface area contributed by atoms with E-state index in [9.17, 15) is 9.59 Å². The molecule has 1 saturated heterocycles. The molecule has 1 aromatic carbocycles. The van der Waals surface area contributed by atoms with Crippen LogP contribution in [0.1, 0.15) is 44.9 Å². The number of hydrogen-bond acceptors (Lipinski definition) is 5. The Morgan fingerprint density at radius 1 is 0.933 bits per heavy atom. The molecule has 8 nitrogen and oxygen atoms in total. The molecule has 1 aliphatic heterocycles. The van der Waals surface area contributed by atoms with E-state index in [1.807, 2.05) is 40.1 Å². The first-order valence-electron chi connectivity index (χ1n) is 11.1. The average molecular weight is 411 g/mol. The molecular weight excluding hydrogens is 380 g/mol. The molecule has 0 spiro atoms. The van der Waals surface area contributed by atoms with Gasteiger partial charge in [-0.15, -0.1) is 10.2 Å². The zero-order valence-corrected chi connectivity index (χ0v) is 17.4. The topological polar surface area (TPSA) is 84.2 Å². The maximum absolute atomic E-state index is 12.5. The van der Waals surface area contributed by atoms with Crippen molar-refractivity contribution >= 4 is 11.8 Å². The summed E-state index contributed by atoms with van der Waals surface area (Å²) in [5.74, 6) is 1.58. The molecule has 2 aromatic rings. The standard InChI is InChI=1S/C22H30N6O2/c29-20(11-6-12-28-24-22(23-25-28)19-9-2-1-3-10-19)26-13-15-27(16-14-26)21(30)17-18-7-4-5-8-18/h1-3,9-10,18H,4-8,11-17H2. The van der Waals surface area contributed by atoms with Gasteiger partial charge in [-0.1, -0.05) is 43.2 Å². The van der Waals surface area contributed by atoms with Crippen LogP contribution >= 0.6 is 0 Å². The number of piperazine rings is 1. The number of amides is 2. The van der Waals surface area contributed by atoms with Gasteiger partial charge in [0.2, 0.25) is 17.6 Å². The van der Waals surface area contributed by atoms with Crippen LogP contribution in [0.2, 0.25) is 0 Å². The predicted molar refractivity (Wildman–Crippen MR) is 112 cm³/mol. The van der Waals surface area contributed by atoms with Crippen LogP contribution in [0.5, 0.6) is 0 Å². The maximum Gasteiger partial charge on any atom is 0.222 e. The molecule has 160 valence electrons. The number of carbonyl (C=O) groups is 2. The zero-order valence-electron chi connectivity index (χ0n) is 17.4. The van der Waals surface area contributed by atoms with Crippen molar-refractivity contribution < 1.29 is 9.59 Å². The summed E-state index contributed by atoms with van der Waals surface area (Å²) >= 11 is 0. The van der Waals surface area contributed by atoms with E-state index in [2.05, 4.69) is 15.4 Å². The number of aryl methyl sites for hydroxylation is 1. The minimum absolute atomic E-state index is 0.140. The summed E-state index contributed by atoms with van der Waals surface area (Å²) in [6.07, 6.45) is 6.72. The second kappa shape index (κ2) is 9.82. The van der Waals surface area contributed by atoms with Gasteiger partial charge in [0.1, 0.15) is 0 Å². The number of nitrogens with zero attached hydrogens (tertiary/aromatic N) is 6. The molecule has 0 bridgehead atoms. The molecule has 1 aromatic heterocycles. The Kier molecular flexibility index (Phi) is 6.71. The molecule has 2 amide bonds. The van der Waals surface area contributed by atoms with Crippen molar-refractivity contribution in [2.75, 3.05) is 26.2 Å². The highest BCUT2D eigenvalue weighted by molar-refractivity contribution is 5.78. The van der Waals surface area contributed by atoms with E-state index in [-0.39, 0.29) is 11.8 Å². The lowest BCUT2D eigenvalue weighted by molar-refractivity contribution is -0.140. The molecule has 0 radical (unpaired) electrons. The lowest BCUT2D eigenvalue weighted by atomic mass is 10.0. The summed E-state index contributed by atoms with van der Waals surface area (Å²) in [7, 11) is 0. The normalized spacial score (nSPS) is 17.5. The predicted octanol–water partition coefficient (Wildman–Crippen LogP) is 2.37. The van der Waals surface area contributed by atoms with Gasteiger partial charge in [0, 0.05) is 44.6 Å². The van der Waals surface area contributed by atoms with Crippen LogP contribution in [-0.2, 0) is 16.1 Å². The van der Waals surface area contributed by atoms with Gasteiger partial charge in [0.05, 0.1) is 6.54 Å². The van der Waals surface area contributed by atoms with Crippen LogP contribution < -0.4 is 0 Å². The van der Waals surface area contributed by atoms with E-state index in [1.165, 1.54) is 25.7 Å². The molecule has 0 atom stereocenters. The Hall–Kier alpha value is -2.77. The number of hydrogen-bond donors (Lipinski definition) is 0. The minimum Gasteiger partial charge on any atom is -0.339 e. The van der Waals surface area contributed by atoms with Crippen molar-refractivity contribution in [2.45, 2.75) is 51.5 Å². The SMILES string of the molecule is O=C(CCCn1nnc(-c2ccccc2)n1)N1CCN(C(=O)CC2CCCC2)CC1. The van der Waals surface area contributed by atoms with Crippen LogP contribution in [0.15, 0.2) is 30.3 Å². The minimum atomic E-state index is 0.140. The molecule has 1 aliphatic carbocycles. The Balaban J connectivity index is 1.16. The summed E-state index contributed by atoms with van der Waals surface area (Å²) in [6, 6.07) is 9.73. The number of tetrazole rings is 1. The third kappa shape index (κ3) is 5.23. The largest absolute Gasteiger partial charge is 0.339 e. The van der Waals surface area contributed by atoms with Gasteiger partial charge in [0.25, 0.3) is 0 Å². The van der Waals surface area contributed by atoms with Crippen LogP contribution in [0.3, 0.4) is 0 Å². The van der Waals surface area contributed by atoms with Crippen molar-refractivity contribution in [2.24, 2.45) is 5.92 Å². The van der Waals surface area contributed by atoms with E-state index in [4.69, 9.17) is 0 Å². The van der Waals surface area contributed by atoms with Crippen LogP contribution in [-0.4, -0.2) is 68.0 Å². The first-order chi connectivity index (χ1) is 14.7. The van der Waals surface area contributed by atoms with E-state index in [0.29, 0.717) is 63.7 Å². The maximum atomic E-state index is 12.5. The highest BCUT2D eigenvalue weighted by Gasteiger charge is 2.26. The van der Waals surface area contributed by atoms with Gasteiger partial charge in [0.15, 0.2) is 0 Å². The Morgan fingerprint density at radius 2 is 1.60 bits per heavy atom. The van der Waals surface area contributed by atoms with Crippen molar-refractivity contribution in [3.63, 3.8) is 0 Å². The third-order valence-corrected chi connectivity index (χ3v) is 6.16. The zero-order chi connectivity index (χ0) is 20.8. The number of benzene rings is 1. The smallest absolute Gasteiger partial charge is 0.222 e. The molecular formula is C22H30N6O2. The molecule has 2 fully saturated rings. The van der Waals surface area contributed by atoms with Gasteiger partial charge < -0.3 is 9.80 Å². The summed E-state index contributed by atoms with van der Waals surface area (Å²) in [4.78, 5) is 30.4. The van der Waals surface area contributed by atoms with Gasteiger partial charge in [-0.2, -0.15) is 4.80 Å². The van der Waals surface area contributed by atoms with Crippen molar-refractivity contribution in [1.82, 2.24) is 30.0 Å². The Bertz CT molecular complexity index is 838. The fourth-order valence-electron chi connectivity index (χ4n) is 4.37. The lowest BCUT2D eigenvalue weighted by Crippen LogP contribution is -2.50. The van der Waals surface area contributed by atoms with E-state index >= 15 is 0 Å². The summed E-state index contributed by atoms with van der Waals surface area (Å²) in [6.45, 7) is 3.14. The first kappa shape index (κ1) is 20.5. The molecule has 30 heavy (non-hydrogen) atoms. The number of carbonyl (C=O) groups excluding carboxylic acids is 2. The summed E-state index contributed by atoms with van der Waals surface area (Å²) in [5, 5.41) is 12.6. The second-order valence-corrected chi connectivity index (χ2v) is 8.29. The highest BCUT2D eigenvalue weighted by Crippen LogP contribution is 2.28. The Morgan fingerprint density at radius 3 is 2.30 bits per heavy atom. The highest BCUT2D eigenvalue weighted by atomic mass is 16.2. The van der Waals surface area contributed by atoms with Gasteiger partial charge in [-0.25, -0.2) is 0 Å². The molecule has 0 N–H and O–H groups in total. The van der Waals surface area contributed by atoms with Crippen molar-refractivity contribution in [1.29, 1.82) is 0 Å². The summed E-state index contributed by atoms with van der Waals surface area (Å²) < 4.78 is 0. The van der Waals surface area contributed by atoms with Gasteiger partial charge >= 0.3 is 0 Å². The molecule has 4 rings (SSSR count). The first-order valence-corrected chi connectivity index (χ1v) is 11.1. The van der Waals surface area contributed by atoms with Crippen molar-refractivity contribution in [3.05, 3.63) is 30.3 Å². The van der Waals surface area contributed by atoms with E-state index in [0.717, 1.165) is 5.56 Å². The quantitative estimate of drug-likeness (QED) is 0.700. The fraction of sp³-hybridized carbons (Fsp3) is 0.591. The molecule has 2 heterocycles. The van der Waals surface area contributed by atoms with Gasteiger partial charge in [-0.05, 0) is 30.4 Å². The number of rotatable bonds is 7. The van der Waals surface area contributed by atoms with Crippen LogP contribution in [0, 0.1) is 5.92 Å². The second-order valence-electron chi connectivity index (χ2n) is 8.29. The lowest BCUT2D eigenvalue weighted by Gasteiger charge is -2.35. The monoisotopic (exact) mass is 410 g/mol. The average Bonchev–Trinajstić information content (AvgIpc) is 3.47. The Labute approximate surface area is 177 Å². The molecule has 8 heteroatoms. The van der Waals surface area contributed by atoms with Crippen LogP contribution in [0.4, 0.5) is 0 Å². The summed E-state index contributed by atoms with van der Waals surface area (Å²) in [5.41, 5.74) is 0.931.